The van der Waals surface area contributed by atoms with E-state index in [-0.39, 0.29) is 11.6 Å². The number of carbonyl (C=O) groups excluding carboxylic acids is 1. The number of methoxy groups -OCH3 is 2. The molecule has 2 fully saturated rings. The van der Waals surface area contributed by atoms with Crippen LogP contribution in [0.5, 0.6) is 11.5 Å². The molecule has 0 unspecified atom stereocenters. The second-order valence-corrected chi connectivity index (χ2v) is 6.43. The zero-order valence-corrected chi connectivity index (χ0v) is 14.4. The Balaban J connectivity index is 1.67. The minimum Gasteiger partial charge on any atom is -0.493 e. The molecule has 2 aromatic rings. The van der Waals surface area contributed by atoms with Gasteiger partial charge in [0, 0.05) is 38.1 Å². The molecule has 2 aliphatic heterocycles. The van der Waals surface area contributed by atoms with Gasteiger partial charge in [0.05, 0.1) is 25.3 Å². The van der Waals surface area contributed by atoms with Crippen molar-refractivity contribution in [1.82, 2.24) is 20.2 Å². The summed E-state index contributed by atoms with van der Waals surface area (Å²) < 4.78 is 10.6. The summed E-state index contributed by atoms with van der Waals surface area (Å²) in [4.78, 5) is 24.5. The highest BCUT2D eigenvalue weighted by atomic mass is 16.5. The van der Waals surface area contributed by atoms with Gasteiger partial charge >= 0.3 is 6.03 Å². The number of anilines is 2. The summed E-state index contributed by atoms with van der Waals surface area (Å²) in [6.07, 6.45) is 0. The maximum atomic E-state index is 11.7. The van der Waals surface area contributed by atoms with Crippen LogP contribution >= 0.6 is 0 Å². The molecule has 2 amide bonds. The number of likely N-dealkylation sites (N-methyl/N-ethyl adjacent to an activating group) is 1. The predicted molar refractivity (Wildman–Crippen MR) is 93.2 cm³/mol. The summed E-state index contributed by atoms with van der Waals surface area (Å²) >= 11 is 0. The summed E-state index contributed by atoms with van der Waals surface area (Å²) in [5.41, 5.74) is 6.63. The zero-order valence-electron chi connectivity index (χ0n) is 14.4. The van der Waals surface area contributed by atoms with Crippen molar-refractivity contribution in [3.63, 3.8) is 0 Å². The molecule has 0 saturated carbocycles. The standard InChI is InChI=1S/C16H20N6O3/c1-21-15(23)18-6-16(21)7-22(8-16)14-19-10-5-12(25-3)11(24-2)4-9(10)13(17)20-14/h4-5H,6-8H2,1-3H3,(H,18,23)(H2,17,19,20). The number of benzene rings is 1. The van der Waals surface area contributed by atoms with Crippen molar-refractivity contribution in [3.05, 3.63) is 12.1 Å². The first-order valence-electron chi connectivity index (χ1n) is 7.93. The third kappa shape index (κ3) is 2.19. The van der Waals surface area contributed by atoms with E-state index in [1.165, 1.54) is 0 Å². The van der Waals surface area contributed by atoms with E-state index >= 15 is 0 Å². The van der Waals surface area contributed by atoms with Gasteiger partial charge in [-0.1, -0.05) is 0 Å². The number of aromatic nitrogens is 2. The van der Waals surface area contributed by atoms with Crippen molar-refractivity contribution in [1.29, 1.82) is 0 Å². The number of nitrogens with zero attached hydrogens (tertiary/aromatic N) is 4. The Morgan fingerprint density at radius 1 is 1.20 bits per heavy atom. The van der Waals surface area contributed by atoms with Crippen molar-refractivity contribution in [3.8, 4) is 11.5 Å². The highest BCUT2D eigenvalue weighted by Crippen LogP contribution is 2.36. The molecule has 1 aromatic heterocycles. The molecule has 9 nitrogen and oxygen atoms in total. The number of fused-ring (bicyclic) bond motifs is 1. The van der Waals surface area contributed by atoms with Gasteiger partial charge in [-0.05, 0) is 6.07 Å². The van der Waals surface area contributed by atoms with Crippen LogP contribution in [0.4, 0.5) is 16.6 Å². The fourth-order valence-electron chi connectivity index (χ4n) is 3.43. The van der Waals surface area contributed by atoms with Crippen LogP contribution in [-0.2, 0) is 0 Å². The number of urea groups is 1. The largest absolute Gasteiger partial charge is 0.493 e. The van der Waals surface area contributed by atoms with Gasteiger partial charge in [-0.3, -0.25) is 0 Å². The monoisotopic (exact) mass is 344 g/mol. The Kier molecular flexibility index (Phi) is 3.28. The third-order valence-corrected chi connectivity index (χ3v) is 5.06. The Bertz CT molecular complexity index is 865. The van der Waals surface area contributed by atoms with Crippen molar-refractivity contribution >= 4 is 28.7 Å². The van der Waals surface area contributed by atoms with Crippen molar-refractivity contribution in [2.45, 2.75) is 5.54 Å². The number of rotatable bonds is 3. The van der Waals surface area contributed by atoms with Gasteiger partial charge in [0.2, 0.25) is 5.95 Å². The van der Waals surface area contributed by atoms with Crippen LogP contribution in [0, 0.1) is 0 Å². The molecule has 0 atom stereocenters. The van der Waals surface area contributed by atoms with E-state index in [1.54, 1.807) is 31.3 Å². The highest BCUT2D eigenvalue weighted by molar-refractivity contribution is 5.92. The molecule has 9 heteroatoms. The second-order valence-electron chi connectivity index (χ2n) is 6.43. The van der Waals surface area contributed by atoms with Crippen LogP contribution in [0.2, 0.25) is 0 Å². The molecular weight excluding hydrogens is 324 g/mol. The van der Waals surface area contributed by atoms with Gasteiger partial charge in [0.25, 0.3) is 0 Å². The molecule has 1 aromatic carbocycles. The highest BCUT2D eigenvalue weighted by Gasteiger charge is 2.52. The first-order chi connectivity index (χ1) is 12.0. The fraction of sp³-hybridized carbons (Fsp3) is 0.438. The number of amides is 2. The van der Waals surface area contributed by atoms with Gasteiger partial charge in [-0.25, -0.2) is 9.78 Å². The SMILES string of the molecule is COc1cc2nc(N3CC4(CNC(=O)N4C)C3)nc(N)c2cc1OC. The van der Waals surface area contributed by atoms with E-state index in [4.69, 9.17) is 15.2 Å². The molecule has 3 heterocycles. The van der Waals surface area contributed by atoms with Crippen LogP contribution in [-0.4, -0.2) is 67.3 Å². The Labute approximate surface area is 144 Å². The van der Waals surface area contributed by atoms with Crippen LogP contribution < -0.4 is 25.4 Å². The summed E-state index contributed by atoms with van der Waals surface area (Å²) in [6, 6.07) is 3.52. The first-order valence-corrected chi connectivity index (χ1v) is 7.93. The van der Waals surface area contributed by atoms with E-state index in [2.05, 4.69) is 15.3 Å². The lowest BCUT2D eigenvalue weighted by atomic mass is 9.90. The van der Waals surface area contributed by atoms with E-state index < -0.39 is 0 Å². The molecule has 1 spiro atoms. The molecule has 4 rings (SSSR count). The maximum absolute atomic E-state index is 11.7. The molecule has 25 heavy (non-hydrogen) atoms. The zero-order chi connectivity index (χ0) is 17.8. The summed E-state index contributed by atoms with van der Waals surface area (Å²) in [6.45, 7) is 1.97. The molecular formula is C16H20N6O3. The molecule has 3 N–H and O–H groups in total. The number of nitrogens with one attached hydrogen (secondary N) is 1. The smallest absolute Gasteiger partial charge is 0.317 e. The predicted octanol–water partition coefficient (Wildman–Crippen LogP) is 0.443. The van der Waals surface area contributed by atoms with Crippen LogP contribution in [0.1, 0.15) is 0 Å². The second kappa shape index (κ2) is 5.27. The fourth-order valence-corrected chi connectivity index (χ4v) is 3.43. The summed E-state index contributed by atoms with van der Waals surface area (Å²) in [7, 11) is 4.96. The van der Waals surface area contributed by atoms with Crippen LogP contribution in [0.3, 0.4) is 0 Å². The van der Waals surface area contributed by atoms with Gasteiger partial charge < -0.3 is 30.3 Å². The topological polar surface area (TPSA) is 106 Å². The number of ether oxygens (including phenoxy) is 2. The maximum Gasteiger partial charge on any atom is 0.317 e. The number of nitrogen functional groups attached to an aromatic ring is 1. The van der Waals surface area contributed by atoms with Crippen LogP contribution in [0.25, 0.3) is 10.9 Å². The molecule has 0 bridgehead atoms. The number of hydrogen-bond donors (Lipinski definition) is 2. The van der Waals surface area contributed by atoms with E-state index in [9.17, 15) is 4.79 Å². The molecule has 2 saturated heterocycles. The Morgan fingerprint density at radius 3 is 2.48 bits per heavy atom. The Morgan fingerprint density at radius 2 is 1.88 bits per heavy atom. The normalized spacial score (nSPS) is 18.4. The van der Waals surface area contributed by atoms with Gasteiger partial charge in [0.15, 0.2) is 11.5 Å². The van der Waals surface area contributed by atoms with Crippen molar-refractivity contribution in [2.75, 3.05) is 51.5 Å². The number of nitrogens with two attached hydrogens (primary N) is 1. The third-order valence-electron chi connectivity index (χ3n) is 5.06. The quantitative estimate of drug-likeness (QED) is 0.832. The first kappa shape index (κ1) is 15.6. The molecule has 132 valence electrons. The average molecular weight is 344 g/mol. The lowest BCUT2D eigenvalue weighted by molar-refractivity contribution is 0.151. The molecule has 0 radical (unpaired) electrons. The van der Waals surface area contributed by atoms with E-state index in [0.29, 0.717) is 53.8 Å². The van der Waals surface area contributed by atoms with Crippen molar-refractivity contribution < 1.29 is 14.3 Å². The summed E-state index contributed by atoms with van der Waals surface area (Å²) in [5, 5.41) is 3.58. The minimum absolute atomic E-state index is 0.0459. The van der Waals surface area contributed by atoms with E-state index in [0.717, 1.165) is 0 Å². The average Bonchev–Trinajstić information content (AvgIpc) is 2.88. The van der Waals surface area contributed by atoms with Crippen molar-refractivity contribution in [2.24, 2.45) is 0 Å². The van der Waals surface area contributed by atoms with E-state index in [1.807, 2.05) is 11.9 Å². The van der Waals surface area contributed by atoms with Crippen LogP contribution in [0.15, 0.2) is 12.1 Å². The number of hydrogen-bond acceptors (Lipinski definition) is 7. The molecule has 0 aliphatic carbocycles. The Hall–Kier alpha value is -2.97. The number of carbonyl (C=O) groups is 1. The minimum atomic E-state index is -0.193. The van der Waals surface area contributed by atoms with Gasteiger partial charge in [-0.2, -0.15) is 4.98 Å². The lowest BCUT2D eigenvalue weighted by Crippen LogP contribution is -2.69. The molecule has 2 aliphatic rings. The summed E-state index contributed by atoms with van der Waals surface area (Å²) in [5.74, 6) is 2.11. The lowest BCUT2D eigenvalue weighted by Gasteiger charge is -2.50. The van der Waals surface area contributed by atoms with Gasteiger partial charge in [0.1, 0.15) is 5.82 Å². The van der Waals surface area contributed by atoms with Gasteiger partial charge in [-0.15, -0.1) is 0 Å².